The number of rotatable bonds is 3. The van der Waals surface area contributed by atoms with Crippen molar-refractivity contribution in [2.24, 2.45) is 5.73 Å². The zero-order chi connectivity index (χ0) is 10.7. The van der Waals surface area contributed by atoms with E-state index in [4.69, 9.17) is 5.73 Å². The largest absolute Gasteiger partial charge is 0.481 e. The highest BCUT2D eigenvalue weighted by molar-refractivity contribution is 5.35. The smallest absolute Gasteiger partial charge is 0.264 e. The van der Waals surface area contributed by atoms with Gasteiger partial charge in [0.25, 0.3) is 6.43 Å². The molecule has 0 saturated carbocycles. The van der Waals surface area contributed by atoms with Gasteiger partial charge in [-0.05, 0) is 0 Å². The number of methoxy groups -OCH3 is 1. The topological polar surface area (TPSA) is 48.1 Å². The Morgan fingerprint density at radius 1 is 1.57 bits per heavy atom. The molecule has 0 unspecified atom stereocenters. The summed E-state index contributed by atoms with van der Waals surface area (Å²) in [4.78, 5) is 3.30. The Balaban J connectivity index is 3.31. The van der Waals surface area contributed by atoms with Crippen molar-refractivity contribution < 1.29 is 17.9 Å². The lowest BCUT2D eigenvalue weighted by atomic mass is 10.1. The maximum absolute atomic E-state index is 12.7. The van der Waals surface area contributed by atoms with Gasteiger partial charge >= 0.3 is 0 Å². The van der Waals surface area contributed by atoms with Crippen LogP contribution in [0.25, 0.3) is 0 Å². The van der Waals surface area contributed by atoms with Crippen molar-refractivity contribution >= 4 is 0 Å². The van der Waals surface area contributed by atoms with Crippen LogP contribution in [0.4, 0.5) is 13.2 Å². The van der Waals surface area contributed by atoms with Gasteiger partial charge in [0, 0.05) is 23.7 Å². The van der Waals surface area contributed by atoms with Gasteiger partial charge in [0.1, 0.15) is 0 Å². The SMILES string of the molecule is COc1nc(F)cc(C(F)F)c1CN. The van der Waals surface area contributed by atoms with Crippen molar-refractivity contribution in [1.29, 1.82) is 0 Å². The molecule has 1 rings (SSSR count). The second kappa shape index (κ2) is 4.28. The van der Waals surface area contributed by atoms with E-state index in [0.717, 1.165) is 0 Å². The van der Waals surface area contributed by atoms with Crippen molar-refractivity contribution in [1.82, 2.24) is 4.98 Å². The lowest BCUT2D eigenvalue weighted by Crippen LogP contribution is -2.07. The van der Waals surface area contributed by atoms with Crippen molar-refractivity contribution in [2.45, 2.75) is 13.0 Å². The average molecular weight is 206 g/mol. The fourth-order valence-electron chi connectivity index (χ4n) is 1.10. The number of aromatic nitrogens is 1. The van der Waals surface area contributed by atoms with Crippen LogP contribution in [-0.4, -0.2) is 12.1 Å². The Hall–Kier alpha value is -1.30. The summed E-state index contributed by atoms with van der Waals surface area (Å²) in [6, 6.07) is 0.662. The second-order valence-corrected chi connectivity index (χ2v) is 2.53. The van der Waals surface area contributed by atoms with Crippen LogP contribution in [0.2, 0.25) is 0 Å². The van der Waals surface area contributed by atoms with E-state index in [2.05, 4.69) is 9.72 Å². The van der Waals surface area contributed by atoms with Gasteiger partial charge in [0.15, 0.2) is 0 Å². The molecular weight excluding hydrogens is 197 g/mol. The molecule has 3 nitrogen and oxygen atoms in total. The molecule has 0 aromatic carbocycles. The van der Waals surface area contributed by atoms with Crippen molar-refractivity contribution in [2.75, 3.05) is 7.11 Å². The van der Waals surface area contributed by atoms with E-state index in [-0.39, 0.29) is 18.0 Å². The van der Waals surface area contributed by atoms with Crippen LogP contribution in [0.15, 0.2) is 6.07 Å². The molecule has 14 heavy (non-hydrogen) atoms. The van der Waals surface area contributed by atoms with E-state index in [1.165, 1.54) is 7.11 Å². The van der Waals surface area contributed by atoms with Gasteiger partial charge in [-0.2, -0.15) is 9.37 Å². The summed E-state index contributed by atoms with van der Waals surface area (Å²) in [5, 5.41) is 0. The Morgan fingerprint density at radius 3 is 2.64 bits per heavy atom. The number of hydrogen-bond acceptors (Lipinski definition) is 3. The first-order valence-corrected chi connectivity index (χ1v) is 3.81. The summed E-state index contributed by atoms with van der Waals surface area (Å²) in [5.74, 6) is -1.20. The highest BCUT2D eigenvalue weighted by Crippen LogP contribution is 2.28. The van der Waals surface area contributed by atoms with Crippen molar-refractivity contribution in [3.63, 3.8) is 0 Å². The minimum Gasteiger partial charge on any atom is -0.481 e. The van der Waals surface area contributed by atoms with Gasteiger partial charge in [-0.25, -0.2) is 8.78 Å². The standard InChI is InChI=1S/C8H9F3N2O/c1-14-8-5(3-12)4(7(10)11)2-6(9)13-8/h2,7H,3,12H2,1H3. The maximum Gasteiger partial charge on any atom is 0.264 e. The van der Waals surface area contributed by atoms with Gasteiger partial charge in [-0.1, -0.05) is 0 Å². The Labute approximate surface area is 78.7 Å². The summed E-state index contributed by atoms with van der Waals surface area (Å²) in [7, 11) is 1.22. The van der Waals surface area contributed by atoms with E-state index >= 15 is 0 Å². The van der Waals surface area contributed by atoms with Crippen LogP contribution >= 0.6 is 0 Å². The van der Waals surface area contributed by atoms with Gasteiger partial charge in [0.05, 0.1) is 7.11 Å². The summed E-state index contributed by atoms with van der Waals surface area (Å²) in [5.41, 5.74) is 4.80. The number of nitrogens with zero attached hydrogens (tertiary/aromatic N) is 1. The van der Waals surface area contributed by atoms with Gasteiger partial charge in [-0.15, -0.1) is 0 Å². The molecule has 0 aliphatic carbocycles. The number of alkyl halides is 2. The molecule has 78 valence electrons. The molecule has 0 atom stereocenters. The first-order chi connectivity index (χ1) is 6.60. The van der Waals surface area contributed by atoms with E-state index in [0.29, 0.717) is 6.07 Å². The molecule has 1 heterocycles. The van der Waals surface area contributed by atoms with Crippen LogP contribution in [0, 0.1) is 5.95 Å². The van der Waals surface area contributed by atoms with Gasteiger partial charge in [-0.3, -0.25) is 0 Å². The fourth-order valence-corrected chi connectivity index (χ4v) is 1.10. The number of hydrogen-bond donors (Lipinski definition) is 1. The molecule has 2 N–H and O–H groups in total. The maximum atomic E-state index is 12.7. The molecule has 1 aromatic rings. The Morgan fingerprint density at radius 2 is 2.21 bits per heavy atom. The van der Waals surface area contributed by atoms with E-state index < -0.39 is 17.9 Å². The van der Waals surface area contributed by atoms with Crippen LogP contribution in [0.5, 0.6) is 5.88 Å². The lowest BCUT2D eigenvalue weighted by molar-refractivity contribution is 0.148. The number of ether oxygens (including phenoxy) is 1. The molecule has 0 fully saturated rings. The quantitative estimate of drug-likeness (QED) is 0.764. The molecular formula is C8H9F3N2O. The number of pyridine rings is 1. The average Bonchev–Trinajstić information content (AvgIpc) is 2.16. The van der Waals surface area contributed by atoms with E-state index in [1.807, 2.05) is 0 Å². The third-order valence-corrected chi connectivity index (χ3v) is 1.72. The predicted molar refractivity (Wildman–Crippen MR) is 43.6 cm³/mol. The second-order valence-electron chi connectivity index (χ2n) is 2.53. The third-order valence-electron chi connectivity index (χ3n) is 1.72. The minimum atomic E-state index is -2.79. The summed E-state index contributed by atoms with van der Waals surface area (Å²) in [6.07, 6.45) is -2.79. The van der Waals surface area contributed by atoms with Crippen LogP contribution in [0.3, 0.4) is 0 Å². The zero-order valence-corrected chi connectivity index (χ0v) is 7.43. The number of nitrogens with two attached hydrogens (primary N) is 1. The van der Waals surface area contributed by atoms with Gasteiger partial charge < -0.3 is 10.5 Å². The van der Waals surface area contributed by atoms with Crippen LogP contribution in [-0.2, 0) is 6.54 Å². The molecule has 0 aliphatic rings. The van der Waals surface area contributed by atoms with Crippen molar-refractivity contribution in [3.8, 4) is 5.88 Å². The molecule has 0 spiro atoms. The summed E-state index contributed by atoms with van der Waals surface area (Å²) < 4.78 is 42.2. The molecule has 0 bridgehead atoms. The van der Waals surface area contributed by atoms with Gasteiger partial charge in [0.2, 0.25) is 11.8 Å². The molecule has 6 heteroatoms. The molecule has 1 aromatic heterocycles. The molecule has 0 aliphatic heterocycles. The van der Waals surface area contributed by atoms with Crippen LogP contribution < -0.4 is 10.5 Å². The van der Waals surface area contributed by atoms with Crippen LogP contribution in [0.1, 0.15) is 17.6 Å². The highest BCUT2D eigenvalue weighted by Gasteiger charge is 2.18. The third kappa shape index (κ3) is 1.95. The van der Waals surface area contributed by atoms with E-state index in [1.54, 1.807) is 0 Å². The zero-order valence-electron chi connectivity index (χ0n) is 7.43. The lowest BCUT2D eigenvalue weighted by Gasteiger charge is -2.10. The normalized spacial score (nSPS) is 10.7. The minimum absolute atomic E-state index is 0.0314. The fraction of sp³-hybridized carbons (Fsp3) is 0.375. The first kappa shape index (κ1) is 10.8. The molecule has 0 radical (unpaired) electrons. The summed E-state index contributed by atoms with van der Waals surface area (Å²) >= 11 is 0. The predicted octanol–water partition coefficient (Wildman–Crippen LogP) is 1.63. The van der Waals surface area contributed by atoms with Crippen molar-refractivity contribution in [3.05, 3.63) is 23.1 Å². The molecule has 0 amide bonds. The number of halogens is 3. The summed E-state index contributed by atoms with van der Waals surface area (Å²) in [6.45, 7) is -0.171. The van der Waals surface area contributed by atoms with E-state index in [9.17, 15) is 13.2 Å². The Bertz CT molecular complexity index is 331. The molecule has 0 saturated heterocycles. The first-order valence-electron chi connectivity index (χ1n) is 3.81. The highest BCUT2D eigenvalue weighted by atomic mass is 19.3. The monoisotopic (exact) mass is 206 g/mol. The Kier molecular flexibility index (Phi) is 3.29.